The highest BCUT2D eigenvalue weighted by Gasteiger charge is 2.11. The third kappa shape index (κ3) is 3.56. The van der Waals surface area contributed by atoms with Crippen LogP contribution in [0.5, 0.6) is 5.75 Å². The van der Waals surface area contributed by atoms with Crippen molar-refractivity contribution in [2.75, 3.05) is 6.61 Å². The predicted molar refractivity (Wildman–Crippen MR) is 88.5 cm³/mol. The molecule has 1 heterocycles. The van der Waals surface area contributed by atoms with E-state index < -0.39 is 6.10 Å². The van der Waals surface area contributed by atoms with Crippen LogP contribution in [0.4, 0.5) is 0 Å². The highest BCUT2D eigenvalue weighted by atomic mass is 35.5. The van der Waals surface area contributed by atoms with Crippen molar-refractivity contribution in [2.24, 2.45) is 0 Å². The van der Waals surface area contributed by atoms with E-state index in [1.165, 1.54) is 10.1 Å². The van der Waals surface area contributed by atoms with E-state index in [4.69, 9.17) is 16.3 Å². The van der Waals surface area contributed by atoms with Crippen molar-refractivity contribution in [2.45, 2.75) is 12.5 Å². The van der Waals surface area contributed by atoms with Crippen LogP contribution in [0.1, 0.15) is 5.56 Å². The molecule has 0 amide bonds. The Morgan fingerprint density at radius 2 is 2.00 bits per heavy atom. The number of aliphatic hydroxyl groups is 1. The summed E-state index contributed by atoms with van der Waals surface area (Å²) in [4.78, 5) is 0. The second kappa shape index (κ2) is 6.48. The first-order valence-corrected chi connectivity index (χ1v) is 7.99. The van der Waals surface area contributed by atoms with Gasteiger partial charge in [0.15, 0.2) is 0 Å². The standard InChI is InChI=1S/C17H15ClO2S/c18-13-4-3-5-15(9-13)20-10-14(19)8-12-11-21-17-7-2-1-6-16(12)17/h1-7,9,11,14,19H,8,10H2. The molecule has 0 saturated carbocycles. The van der Waals surface area contributed by atoms with E-state index in [1.54, 1.807) is 23.5 Å². The quantitative estimate of drug-likeness (QED) is 0.748. The normalized spacial score (nSPS) is 12.5. The molecule has 1 atom stereocenters. The maximum Gasteiger partial charge on any atom is 0.120 e. The molecule has 0 spiro atoms. The Labute approximate surface area is 132 Å². The molecule has 0 bridgehead atoms. The van der Waals surface area contributed by atoms with Crippen LogP contribution in [-0.2, 0) is 6.42 Å². The number of thiophene rings is 1. The second-order valence-corrected chi connectivity index (χ2v) is 6.23. The summed E-state index contributed by atoms with van der Waals surface area (Å²) < 4.78 is 6.82. The largest absolute Gasteiger partial charge is 0.491 e. The molecule has 0 saturated heterocycles. The van der Waals surface area contributed by atoms with Crippen LogP contribution in [0.2, 0.25) is 5.02 Å². The Hall–Kier alpha value is -1.55. The Kier molecular flexibility index (Phi) is 4.44. The Balaban J connectivity index is 1.62. The SMILES string of the molecule is OC(COc1cccc(Cl)c1)Cc1csc2ccccc12. The zero-order valence-electron chi connectivity index (χ0n) is 11.3. The molecule has 2 nitrogen and oxygen atoms in total. The molecule has 3 aromatic rings. The molecule has 1 aromatic heterocycles. The number of benzene rings is 2. The zero-order valence-corrected chi connectivity index (χ0v) is 12.9. The first kappa shape index (κ1) is 14.4. The molecule has 0 aliphatic heterocycles. The fourth-order valence-corrected chi connectivity index (χ4v) is 3.41. The van der Waals surface area contributed by atoms with Gasteiger partial charge in [0.05, 0.1) is 6.10 Å². The summed E-state index contributed by atoms with van der Waals surface area (Å²) in [5.41, 5.74) is 1.16. The lowest BCUT2D eigenvalue weighted by molar-refractivity contribution is 0.108. The van der Waals surface area contributed by atoms with Crippen LogP contribution in [0, 0.1) is 0 Å². The van der Waals surface area contributed by atoms with Gasteiger partial charge in [-0.15, -0.1) is 11.3 Å². The van der Waals surface area contributed by atoms with Crippen molar-refractivity contribution in [1.29, 1.82) is 0 Å². The van der Waals surface area contributed by atoms with Crippen molar-refractivity contribution in [3.63, 3.8) is 0 Å². The fraction of sp³-hybridized carbons (Fsp3) is 0.176. The number of aliphatic hydroxyl groups excluding tert-OH is 1. The molecule has 0 aliphatic carbocycles. The highest BCUT2D eigenvalue weighted by Crippen LogP contribution is 2.26. The number of rotatable bonds is 5. The minimum atomic E-state index is -0.540. The molecule has 21 heavy (non-hydrogen) atoms. The molecule has 0 fully saturated rings. The third-order valence-corrected chi connectivity index (χ3v) is 4.50. The topological polar surface area (TPSA) is 29.5 Å². The summed E-state index contributed by atoms with van der Waals surface area (Å²) in [6.07, 6.45) is 0.0480. The fourth-order valence-electron chi connectivity index (χ4n) is 2.25. The average Bonchev–Trinajstić information content (AvgIpc) is 2.89. The maximum absolute atomic E-state index is 10.2. The van der Waals surface area contributed by atoms with Gasteiger partial charge in [0.2, 0.25) is 0 Å². The van der Waals surface area contributed by atoms with Crippen molar-refractivity contribution >= 4 is 33.0 Å². The van der Waals surface area contributed by atoms with Gasteiger partial charge in [-0.1, -0.05) is 35.9 Å². The molecular formula is C17H15ClO2S. The highest BCUT2D eigenvalue weighted by molar-refractivity contribution is 7.17. The van der Waals surface area contributed by atoms with E-state index in [0.29, 0.717) is 17.2 Å². The molecule has 3 rings (SSSR count). The van der Waals surface area contributed by atoms with Crippen LogP contribution < -0.4 is 4.74 Å². The Morgan fingerprint density at radius 3 is 2.86 bits per heavy atom. The summed E-state index contributed by atoms with van der Waals surface area (Å²) in [6.45, 7) is 0.254. The van der Waals surface area contributed by atoms with Gasteiger partial charge >= 0.3 is 0 Å². The van der Waals surface area contributed by atoms with Gasteiger partial charge in [-0.2, -0.15) is 0 Å². The van der Waals surface area contributed by atoms with Crippen molar-refractivity contribution in [1.82, 2.24) is 0 Å². The maximum atomic E-state index is 10.2. The lowest BCUT2D eigenvalue weighted by atomic mass is 10.1. The molecule has 0 radical (unpaired) electrons. The molecule has 108 valence electrons. The van der Waals surface area contributed by atoms with E-state index >= 15 is 0 Å². The van der Waals surface area contributed by atoms with Gasteiger partial charge in [0, 0.05) is 16.1 Å². The van der Waals surface area contributed by atoms with Crippen LogP contribution in [-0.4, -0.2) is 17.8 Å². The first-order chi connectivity index (χ1) is 10.2. The molecule has 1 unspecified atom stereocenters. The summed E-state index contributed by atoms with van der Waals surface area (Å²) in [7, 11) is 0. The monoisotopic (exact) mass is 318 g/mol. The summed E-state index contributed by atoms with van der Waals surface area (Å²) in [5.74, 6) is 0.678. The molecule has 2 aromatic carbocycles. The van der Waals surface area contributed by atoms with Gasteiger partial charge in [0.1, 0.15) is 12.4 Å². The smallest absolute Gasteiger partial charge is 0.120 e. The van der Waals surface area contributed by atoms with Crippen LogP contribution in [0.15, 0.2) is 53.9 Å². The number of hydrogen-bond donors (Lipinski definition) is 1. The van der Waals surface area contributed by atoms with Gasteiger partial charge < -0.3 is 9.84 Å². The van der Waals surface area contributed by atoms with Gasteiger partial charge in [0.25, 0.3) is 0 Å². The molecule has 1 N–H and O–H groups in total. The summed E-state index contributed by atoms with van der Waals surface area (Å²) >= 11 is 7.60. The van der Waals surface area contributed by atoms with E-state index in [9.17, 15) is 5.11 Å². The summed E-state index contributed by atoms with van der Waals surface area (Å²) in [6, 6.07) is 15.4. The molecule has 4 heteroatoms. The second-order valence-electron chi connectivity index (χ2n) is 4.88. The van der Waals surface area contributed by atoms with E-state index in [1.807, 2.05) is 24.3 Å². The third-order valence-electron chi connectivity index (χ3n) is 3.26. The number of fused-ring (bicyclic) bond motifs is 1. The lowest BCUT2D eigenvalue weighted by Gasteiger charge is -2.12. The number of hydrogen-bond acceptors (Lipinski definition) is 3. The average molecular weight is 319 g/mol. The van der Waals surface area contributed by atoms with Crippen molar-refractivity contribution in [3.8, 4) is 5.75 Å². The summed E-state index contributed by atoms with van der Waals surface area (Å²) in [5, 5.41) is 14.1. The minimum absolute atomic E-state index is 0.254. The van der Waals surface area contributed by atoms with Crippen molar-refractivity contribution < 1.29 is 9.84 Å². The molecule has 0 aliphatic rings. The van der Waals surface area contributed by atoms with Gasteiger partial charge in [-0.05, 0) is 40.6 Å². The number of ether oxygens (including phenoxy) is 1. The first-order valence-electron chi connectivity index (χ1n) is 6.74. The van der Waals surface area contributed by atoms with E-state index in [-0.39, 0.29) is 6.61 Å². The molecular weight excluding hydrogens is 304 g/mol. The van der Waals surface area contributed by atoms with Gasteiger partial charge in [-0.3, -0.25) is 0 Å². The van der Waals surface area contributed by atoms with E-state index in [0.717, 1.165) is 5.56 Å². The van der Waals surface area contributed by atoms with Crippen LogP contribution >= 0.6 is 22.9 Å². The van der Waals surface area contributed by atoms with Crippen LogP contribution in [0.3, 0.4) is 0 Å². The number of halogens is 1. The van der Waals surface area contributed by atoms with Crippen molar-refractivity contribution in [3.05, 3.63) is 64.5 Å². The van der Waals surface area contributed by atoms with Gasteiger partial charge in [-0.25, -0.2) is 0 Å². The van der Waals surface area contributed by atoms with Crippen LogP contribution in [0.25, 0.3) is 10.1 Å². The zero-order chi connectivity index (χ0) is 14.7. The van der Waals surface area contributed by atoms with E-state index in [2.05, 4.69) is 17.5 Å². The Bertz CT molecular complexity index is 738. The lowest BCUT2D eigenvalue weighted by Crippen LogP contribution is -2.20. The minimum Gasteiger partial charge on any atom is -0.491 e. The predicted octanol–water partition coefficient (Wildman–Crippen LogP) is 4.54. The Morgan fingerprint density at radius 1 is 1.14 bits per heavy atom.